The fourth-order valence-corrected chi connectivity index (χ4v) is 3.68. The van der Waals surface area contributed by atoms with Crippen molar-refractivity contribution in [3.05, 3.63) is 95.6 Å². The van der Waals surface area contributed by atoms with Gasteiger partial charge in [-0.2, -0.15) is 0 Å². The van der Waals surface area contributed by atoms with Gasteiger partial charge in [0.1, 0.15) is 12.3 Å². The highest BCUT2D eigenvalue weighted by atomic mass is 16.5. The molecule has 29 heavy (non-hydrogen) atoms. The lowest BCUT2D eigenvalue weighted by molar-refractivity contribution is -0.671. The number of anilines is 1. The second-order valence-electron chi connectivity index (χ2n) is 7.79. The molecule has 0 aliphatic carbocycles. The first-order valence-corrected chi connectivity index (χ1v) is 10.4. The molecule has 3 nitrogen and oxygen atoms in total. The highest BCUT2D eigenvalue weighted by molar-refractivity contribution is 5.45. The van der Waals surface area contributed by atoms with Crippen molar-refractivity contribution in [2.24, 2.45) is 0 Å². The summed E-state index contributed by atoms with van der Waals surface area (Å²) >= 11 is 0. The Labute approximate surface area is 175 Å². The quantitative estimate of drug-likeness (QED) is 0.526. The first-order chi connectivity index (χ1) is 14.2. The van der Waals surface area contributed by atoms with Gasteiger partial charge >= 0.3 is 0 Å². The van der Waals surface area contributed by atoms with Gasteiger partial charge in [-0.1, -0.05) is 54.6 Å². The molecule has 0 heterocycles. The fraction of sp³-hybridized carbons (Fsp3) is 0.308. The standard InChI is InChI=1S/C26H32N2O/c1-28(2)25-13-9-22(10-14-25)20-27-18-17-24(19-21-7-5-4-6-8-21)23-11-15-26(29-3)16-12-23/h4-16,24,27H,17-20H2,1-3H3/p+1/t24-/m0/s1. The average molecular weight is 390 g/mol. The van der Waals surface area contributed by atoms with Crippen LogP contribution in [0.1, 0.15) is 29.0 Å². The Morgan fingerprint density at radius 3 is 2.14 bits per heavy atom. The van der Waals surface area contributed by atoms with E-state index in [1.165, 1.54) is 22.4 Å². The summed E-state index contributed by atoms with van der Waals surface area (Å²) < 4.78 is 5.33. The van der Waals surface area contributed by atoms with Gasteiger partial charge in [-0.15, -0.1) is 0 Å². The van der Waals surface area contributed by atoms with Crippen molar-refractivity contribution in [1.82, 2.24) is 0 Å². The smallest absolute Gasteiger partial charge is 0.118 e. The van der Waals surface area contributed by atoms with E-state index < -0.39 is 0 Å². The van der Waals surface area contributed by atoms with E-state index in [1.807, 2.05) is 0 Å². The highest BCUT2D eigenvalue weighted by Gasteiger charge is 2.14. The third-order valence-corrected chi connectivity index (χ3v) is 5.46. The lowest BCUT2D eigenvalue weighted by Gasteiger charge is -2.18. The molecule has 0 aliphatic rings. The summed E-state index contributed by atoms with van der Waals surface area (Å²) in [7, 11) is 5.87. The van der Waals surface area contributed by atoms with Crippen LogP contribution in [0.15, 0.2) is 78.9 Å². The molecule has 3 aromatic rings. The van der Waals surface area contributed by atoms with Crippen molar-refractivity contribution in [1.29, 1.82) is 0 Å². The normalized spacial score (nSPS) is 11.8. The van der Waals surface area contributed by atoms with Gasteiger partial charge in [0.05, 0.1) is 13.7 Å². The molecule has 0 fully saturated rings. The van der Waals surface area contributed by atoms with Gasteiger partial charge in [-0.25, -0.2) is 0 Å². The molecule has 3 heteroatoms. The SMILES string of the molecule is COc1ccc([C@@H](CC[NH2+]Cc2ccc(N(C)C)cc2)Cc2ccccc2)cc1. The zero-order chi connectivity index (χ0) is 20.5. The third-order valence-electron chi connectivity index (χ3n) is 5.46. The van der Waals surface area contributed by atoms with Crippen LogP contribution in [0.5, 0.6) is 5.75 Å². The van der Waals surface area contributed by atoms with Crippen LogP contribution in [0, 0.1) is 0 Å². The van der Waals surface area contributed by atoms with E-state index in [2.05, 4.69) is 103 Å². The van der Waals surface area contributed by atoms with E-state index >= 15 is 0 Å². The van der Waals surface area contributed by atoms with Crippen molar-refractivity contribution in [2.75, 3.05) is 32.6 Å². The fourth-order valence-electron chi connectivity index (χ4n) is 3.68. The summed E-state index contributed by atoms with van der Waals surface area (Å²) in [5.74, 6) is 1.43. The Morgan fingerprint density at radius 2 is 1.52 bits per heavy atom. The predicted molar refractivity (Wildman–Crippen MR) is 122 cm³/mol. The van der Waals surface area contributed by atoms with Gasteiger partial charge < -0.3 is 15.0 Å². The minimum atomic E-state index is 0.510. The molecule has 0 radical (unpaired) electrons. The molecule has 3 aromatic carbocycles. The Hall–Kier alpha value is -2.78. The Balaban J connectivity index is 1.58. The van der Waals surface area contributed by atoms with Crippen LogP contribution in [-0.4, -0.2) is 27.7 Å². The molecular formula is C26H33N2O+. The lowest BCUT2D eigenvalue weighted by atomic mass is 9.89. The maximum atomic E-state index is 5.33. The van der Waals surface area contributed by atoms with Gasteiger partial charge in [-0.05, 0) is 47.7 Å². The predicted octanol–water partition coefficient (Wildman–Crippen LogP) is 4.24. The molecule has 0 aliphatic heterocycles. The first-order valence-electron chi connectivity index (χ1n) is 10.4. The largest absolute Gasteiger partial charge is 0.497 e. The van der Waals surface area contributed by atoms with Crippen LogP contribution < -0.4 is 15.0 Å². The summed E-state index contributed by atoms with van der Waals surface area (Å²) in [6.45, 7) is 2.13. The number of methoxy groups -OCH3 is 1. The molecule has 0 bridgehead atoms. The van der Waals surface area contributed by atoms with Crippen LogP contribution in [0.2, 0.25) is 0 Å². The minimum Gasteiger partial charge on any atom is -0.497 e. The van der Waals surface area contributed by atoms with Crippen molar-refractivity contribution in [2.45, 2.75) is 25.3 Å². The minimum absolute atomic E-state index is 0.510. The zero-order valence-corrected chi connectivity index (χ0v) is 17.8. The molecule has 0 saturated carbocycles. The summed E-state index contributed by atoms with van der Waals surface area (Å²) in [6.07, 6.45) is 2.22. The van der Waals surface area contributed by atoms with Gasteiger partial charge in [0.2, 0.25) is 0 Å². The van der Waals surface area contributed by atoms with E-state index in [0.717, 1.165) is 31.7 Å². The van der Waals surface area contributed by atoms with E-state index in [9.17, 15) is 0 Å². The summed E-state index contributed by atoms with van der Waals surface area (Å²) in [4.78, 5) is 2.14. The number of ether oxygens (including phenoxy) is 1. The second kappa shape index (κ2) is 10.7. The number of hydrogen-bond acceptors (Lipinski definition) is 2. The van der Waals surface area contributed by atoms with E-state index in [0.29, 0.717) is 5.92 Å². The molecule has 0 spiro atoms. The van der Waals surface area contributed by atoms with Crippen molar-refractivity contribution >= 4 is 5.69 Å². The summed E-state index contributed by atoms with van der Waals surface area (Å²) in [5, 5.41) is 2.42. The topological polar surface area (TPSA) is 29.1 Å². The van der Waals surface area contributed by atoms with Crippen LogP contribution in [0.3, 0.4) is 0 Å². The number of nitrogens with two attached hydrogens (primary N) is 1. The van der Waals surface area contributed by atoms with Crippen LogP contribution in [0.25, 0.3) is 0 Å². The van der Waals surface area contributed by atoms with Crippen molar-refractivity contribution in [3.8, 4) is 5.75 Å². The molecule has 0 saturated heterocycles. The Morgan fingerprint density at radius 1 is 0.828 bits per heavy atom. The molecule has 0 amide bonds. The second-order valence-corrected chi connectivity index (χ2v) is 7.79. The van der Waals surface area contributed by atoms with E-state index in [4.69, 9.17) is 4.74 Å². The number of benzene rings is 3. The van der Waals surface area contributed by atoms with Crippen molar-refractivity contribution < 1.29 is 10.1 Å². The third kappa shape index (κ3) is 6.37. The monoisotopic (exact) mass is 389 g/mol. The lowest BCUT2D eigenvalue weighted by Crippen LogP contribution is -2.82. The van der Waals surface area contributed by atoms with Crippen LogP contribution in [-0.2, 0) is 13.0 Å². The van der Waals surface area contributed by atoms with Crippen LogP contribution in [0.4, 0.5) is 5.69 Å². The maximum absolute atomic E-state index is 5.33. The highest BCUT2D eigenvalue weighted by Crippen LogP contribution is 2.25. The molecule has 1 atom stereocenters. The zero-order valence-electron chi connectivity index (χ0n) is 17.8. The van der Waals surface area contributed by atoms with Gasteiger partial charge in [0.15, 0.2) is 0 Å². The van der Waals surface area contributed by atoms with E-state index in [-0.39, 0.29) is 0 Å². The van der Waals surface area contributed by atoms with Gasteiger partial charge in [-0.3, -0.25) is 0 Å². The molecule has 3 rings (SSSR count). The number of nitrogens with zero attached hydrogens (tertiary/aromatic N) is 1. The number of rotatable bonds is 10. The van der Waals surface area contributed by atoms with Gasteiger partial charge in [0.25, 0.3) is 0 Å². The molecular weight excluding hydrogens is 356 g/mol. The Bertz CT molecular complexity index is 842. The van der Waals surface area contributed by atoms with E-state index in [1.54, 1.807) is 7.11 Å². The van der Waals surface area contributed by atoms with Crippen LogP contribution >= 0.6 is 0 Å². The van der Waals surface area contributed by atoms with Crippen molar-refractivity contribution in [3.63, 3.8) is 0 Å². The maximum Gasteiger partial charge on any atom is 0.118 e. The van der Waals surface area contributed by atoms with Gasteiger partial charge in [0, 0.05) is 31.8 Å². The first kappa shape index (κ1) is 20.9. The number of hydrogen-bond donors (Lipinski definition) is 1. The molecule has 2 N–H and O–H groups in total. The summed E-state index contributed by atoms with van der Waals surface area (Å²) in [6, 6.07) is 28.2. The molecule has 152 valence electrons. The molecule has 0 unspecified atom stereocenters. The Kier molecular flexibility index (Phi) is 7.71. The average Bonchev–Trinajstić information content (AvgIpc) is 2.77. The summed E-state index contributed by atoms with van der Waals surface area (Å²) in [5.41, 5.74) is 5.40. The number of quaternary nitrogens is 1. The molecule has 0 aromatic heterocycles.